The Labute approximate surface area is 305 Å². The Morgan fingerprint density at radius 2 is 1.54 bits per heavy atom. The molecule has 4 aromatic rings. The molecule has 0 bridgehead atoms. The predicted molar refractivity (Wildman–Crippen MR) is 199 cm³/mol. The van der Waals surface area contributed by atoms with Crippen LogP contribution < -0.4 is 25.3 Å². The summed E-state index contributed by atoms with van der Waals surface area (Å²) in [7, 11) is 1.71. The lowest BCUT2D eigenvalue weighted by Gasteiger charge is -2.32. The van der Waals surface area contributed by atoms with Crippen molar-refractivity contribution < 1.29 is 23.7 Å². The number of aryl methyl sites for hydroxylation is 2. The molecule has 1 heterocycles. The fourth-order valence-electron chi connectivity index (χ4n) is 5.94. The molecule has 1 aliphatic carbocycles. The van der Waals surface area contributed by atoms with Gasteiger partial charge in [0.25, 0.3) is 0 Å². The summed E-state index contributed by atoms with van der Waals surface area (Å²) in [6.45, 7) is 3.86. The van der Waals surface area contributed by atoms with Crippen LogP contribution in [-0.2, 0) is 35.2 Å². The van der Waals surface area contributed by atoms with Gasteiger partial charge in [0.15, 0.2) is 5.75 Å². The normalized spacial score (nSPS) is 13.8. The number of rotatable bonds is 20. The third-order valence-electron chi connectivity index (χ3n) is 8.73. The second-order valence-electron chi connectivity index (χ2n) is 13.0. The predicted octanol–water partition coefficient (Wildman–Crippen LogP) is 7.36. The highest BCUT2D eigenvalue weighted by Gasteiger charge is 2.40. The molecule has 1 aliphatic rings. The van der Waals surface area contributed by atoms with Crippen molar-refractivity contribution in [3.8, 4) is 17.2 Å². The Kier molecular flexibility index (Phi) is 13.8. The highest BCUT2D eigenvalue weighted by Crippen LogP contribution is 2.35. The number of benzene rings is 3. The van der Waals surface area contributed by atoms with Crippen molar-refractivity contribution >= 4 is 29.1 Å². The Morgan fingerprint density at radius 3 is 2.22 bits per heavy atom. The van der Waals surface area contributed by atoms with Gasteiger partial charge in [-0.1, -0.05) is 47.5 Å². The topological polar surface area (TPSA) is 105 Å². The van der Waals surface area contributed by atoms with Gasteiger partial charge < -0.3 is 30.0 Å². The molecule has 0 saturated heterocycles. The second kappa shape index (κ2) is 18.4. The van der Waals surface area contributed by atoms with E-state index in [-0.39, 0.29) is 25.1 Å². The van der Waals surface area contributed by atoms with E-state index in [0.29, 0.717) is 60.6 Å². The minimum absolute atomic E-state index is 0.0178. The number of hydrogen-bond acceptors (Lipinski definition) is 7. The first-order valence-corrected chi connectivity index (χ1v) is 18.0. The fraction of sp³-hybridized carbons (Fsp3) is 0.400. The number of nitrogens with zero attached hydrogens (tertiary/aromatic N) is 1. The molecule has 0 radical (unpaired) electrons. The van der Waals surface area contributed by atoms with Crippen LogP contribution in [0.2, 0.25) is 10.0 Å². The van der Waals surface area contributed by atoms with E-state index < -0.39 is 5.41 Å². The van der Waals surface area contributed by atoms with Crippen LogP contribution in [0.15, 0.2) is 79.0 Å². The van der Waals surface area contributed by atoms with Gasteiger partial charge in [-0.3, -0.25) is 9.78 Å². The van der Waals surface area contributed by atoms with E-state index in [4.69, 9.17) is 47.9 Å². The number of ether oxygens (including phenoxy) is 4. The van der Waals surface area contributed by atoms with E-state index in [1.807, 2.05) is 67.6 Å². The summed E-state index contributed by atoms with van der Waals surface area (Å²) in [5, 5.41) is 4.19. The third-order valence-corrected chi connectivity index (χ3v) is 9.29. The monoisotopic (exact) mass is 719 g/mol. The summed E-state index contributed by atoms with van der Waals surface area (Å²) in [6.07, 6.45) is 7.13. The molecule has 50 heavy (non-hydrogen) atoms. The summed E-state index contributed by atoms with van der Waals surface area (Å²) in [5.74, 6) is 1.90. The molecule has 8 nitrogen and oxygen atoms in total. The van der Waals surface area contributed by atoms with Crippen LogP contribution in [0, 0.1) is 12.3 Å². The highest BCUT2D eigenvalue weighted by atomic mass is 35.5. The van der Waals surface area contributed by atoms with Crippen molar-refractivity contribution in [2.45, 2.75) is 57.9 Å². The van der Waals surface area contributed by atoms with Gasteiger partial charge in [0.1, 0.15) is 24.7 Å². The number of pyridine rings is 1. The Bertz CT molecular complexity index is 1660. The lowest BCUT2D eigenvalue weighted by molar-refractivity contribution is -0.130. The molecular formula is C40H47Cl2N3O5. The average Bonchev–Trinajstić information content (AvgIpc) is 3.92. The van der Waals surface area contributed by atoms with Gasteiger partial charge in [-0.15, -0.1) is 0 Å². The minimum Gasteiger partial charge on any atom is -0.493 e. The van der Waals surface area contributed by atoms with E-state index in [0.717, 1.165) is 59.4 Å². The van der Waals surface area contributed by atoms with Gasteiger partial charge >= 0.3 is 0 Å². The molecule has 1 saturated carbocycles. The standard InChI is InChI=1S/C40H47Cl2N3O5/c1-28-20-36(41)38(37(42)21-28)50-19-18-49-34-12-8-29(9-13-34)25-40(27-43,39(46)45-33-10-11-33)26-31-22-30(6-5-16-47-2)23-35(24-31)48-17-14-32-7-3-4-15-44-32/h3-4,7-9,12-13,15,20-24,33H,5-6,10-11,14,16-19,25-27,43H2,1-2H3,(H,45,46). The number of carbonyl (C=O) groups is 1. The number of halogens is 2. The van der Waals surface area contributed by atoms with Gasteiger partial charge in [0, 0.05) is 44.6 Å². The number of hydrogen-bond donors (Lipinski definition) is 2. The van der Waals surface area contributed by atoms with Gasteiger partial charge in [0.05, 0.1) is 22.1 Å². The molecule has 3 N–H and O–H groups in total. The molecule has 5 rings (SSSR count). The molecular weight excluding hydrogens is 673 g/mol. The number of nitrogens with two attached hydrogens (primary N) is 1. The molecule has 1 amide bonds. The van der Waals surface area contributed by atoms with Crippen molar-refractivity contribution in [1.82, 2.24) is 10.3 Å². The molecule has 1 atom stereocenters. The van der Waals surface area contributed by atoms with E-state index in [2.05, 4.69) is 22.4 Å². The highest BCUT2D eigenvalue weighted by molar-refractivity contribution is 6.37. The van der Waals surface area contributed by atoms with Gasteiger partial charge in [0.2, 0.25) is 5.91 Å². The lowest BCUT2D eigenvalue weighted by Crippen LogP contribution is -2.49. The zero-order valence-corrected chi connectivity index (χ0v) is 30.4. The zero-order valence-electron chi connectivity index (χ0n) is 28.9. The SMILES string of the molecule is COCCCc1cc(CC(CN)(Cc2ccc(OCCOc3c(Cl)cc(C)cc3Cl)cc2)C(=O)NC2CC2)cc(OCCc2ccccn2)c1. The average molecular weight is 721 g/mol. The Morgan fingerprint density at radius 1 is 0.840 bits per heavy atom. The van der Waals surface area contributed by atoms with Crippen molar-refractivity contribution in [3.05, 3.63) is 117 Å². The Hall–Kier alpha value is -3.82. The van der Waals surface area contributed by atoms with Gasteiger partial charge in [-0.05, 0) is 116 Å². The van der Waals surface area contributed by atoms with Crippen LogP contribution in [0.4, 0.5) is 0 Å². The number of aromatic nitrogens is 1. The largest absolute Gasteiger partial charge is 0.493 e. The van der Waals surface area contributed by atoms with Crippen LogP contribution in [0.1, 0.15) is 47.2 Å². The maximum atomic E-state index is 14.0. The van der Waals surface area contributed by atoms with Crippen molar-refractivity contribution in [3.63, 3.8) is 0 Å². The van der Waals surface area contributed by atoms with E-state index in [9.17, 15) is 4.79 Å². The quantitative estimate of drug-likeness (QED) is 0.0920. The van der Waals surface area contributed by atoms with Crippen molar-refractivity contribution in [1.29, 1.82) is 0 Å². The smallest absolute Gasteiger partial charge is 0.228 e. The van der Waals surface area contributed by atoms with Crippen LogP contribution in [-0.4, -0.2) is 57.0 Å². The van der Waals surface area contributed by atoms with Crippen molar-refractivity contribution in [2.24, 2.45) is 11.1 Å². The molecule has 266 valence electrons. The molecule has 3 aromatic carbocycles. The van der Waals surface area contributed by atoms with E-state index in [1.54, 1.807) is 13.3 Å². The Balaban J connectivity index is 1.28. The number of methoxy groups -OCH3 is 1. The summed E-state index contributed by atoms with van der Waals surface area (Å²) >= 11 is 12.6. The first-order valence-electron chi connectivity index (χ1n) is 17.2. The van der Waals surface area contributed by atoms with Gasteiger partial charge in [-0.25, -0.2) is 0 Å². The summed E-state index contributed by atoms with van der Waals surface area (Å²) < 4.78 is 23.3. The van der Waals surface area contributed by atoms with Crippen LogP contribution in [0.25, 0.3) is 0 Å². The fourth-order valence-corrected chi connectivity index (χ4v) is 6.64. The maximum Gasteiger partial charge on any atom is 0.228 e. The first kappa shape index (κ1) is 37.4. The summed E-state index contributed by atoms with van der Waals surface area (Å²) in [6, 6.07) is 23.8. The molecule has 1 unspecified atom stereocenters. The molecule has 10 heteroatoms. The molecule has 0 spiro atoms. The molecule has 1 fully saturated rings. The van der Waals surface area contributed by atoms with Crippen LogP contribution in [0.5, 0.6) is 17.2 Å². The van der Waals surface area contributed by atoms with Gasteiger partial charge in [-0.2, -0.15) is 0 Å². The number of nitrogens with one attached hydrogen (secondary N) is 1. The molecule has 1 aromatic heterocycles. The zero-order chi connectivity index (χ0) is 35.3. The molecule has 0 aliphatic heterocycles. The van der Waals surface area contributed by atoms with Crippen LogP contribution in [0.3, 0.4) is 0 Å². The summed E-state index contributed by atoms with van der Waals surface area (Å²) in [5.41, 5.74) is 10.8. The first-order chi connectivity index (χ1) is 24.3. The van der Waals surface area contributed by atoms with E-state index in [1.165, 1.54) is 0 Å². The summed E-state index contributed by atoms with van der Waals surface area (Å²) in [4.78, 5) is 18.4. The number of carbonyl (C=O) groups excluding carboxylic acids is 1. The maximum absolute atomic E-state index is 14.0. The minimum atomic E-state index is -0.859. The second-order valence-corrected chi connectivity index (χ2v) is 13.8. The van der Waals surface area contributed by atoms with Crippen LogP contribution >= 0.6 is 23.2 Å². The van der Waals surface area contributed by atoms with Crippen molar-refractivity contribution in [2.75, 3.05) is 40.1 Å². The van der Waals surface area contributed by atoms with E-state index >= 15 is 0 Å². The number of amides is 1. The third kappa shape index (κ3) is 11.1. The lowest BCUT2D eigenvalue weighted by atomic mass is 9.75.